The predicted octanol–water partition coefficient (Wildman–Crippen LogP) is 4.73. The highest BCUT2D eigenvalue weighted by molar-refractivity contribution is 7.53. The number of hydrogen-bond acceptors (Lipinski definition) is 7. The maximum atomic E-state index is 13.8. The molecule has 2 rings (SSSR count). The zero-order valence-electron chi connectivity index (χ0n) is 25.8. The molecule has 0 spiro atoms. The quantitative estimate of drug-likeness (QED) is 0.247. The molecule has 0 unspecified atom stereocenters. The summed E-state index contributed by atoms with van der Waals surface area (Å²) in [4.78, 5) is 53.1. The molecule has 2 heterocycles. The third-order valence-corrected chi connectivity index (χ3v) is 12.0. The predicted molar refractivity (Wildman–Crippen MR) is 149 cm³/mol. The Hall–Kier alpha value is -0.990. The molecule has 0 aromatic heterocycles. The summed E-state index contributed by atoms with van der Waals surface area (Å²) in [6.07, 6.45) is 1.02. The zero-order valence-corrected chi connectivity index (χ0v) is 26.6. The second kappa shape index (κ2) is 10.8. The molecule has 0 amide bonds. The van der Waals surface area contributed by atoms with E-state index < -0.39 is 42.8 Å². The highest BCUT2D eigenvalue weighted by atomic mass is 31.2. The van der Waals surface area contributed by atoms with Crippen molar-refractivity contribution < 1.29 is 33.4 Å². The van der Waals surface area contributed by atoms with Gasteiger partial charge in [-0.25, -0.2) is 0 Å². The van der Waals surface area contributed by atoms with Gasteiger partial charge in [-0.3, -0.25) is 24.0 Å². The Bertz CT molecular complexity index is 843. The van der Waals surface area contributed by atoms with Gasteiger partial charge in [0.1, 0.15) is 12.2 Å². The van der Waals surface area contributed by atoms with Gasteiger partial charge in [0, 0.05) is 47.8 Å². The van der Waals surface area contributed by atoms with E-state index in [9.17, 15) is 23.9 Å². The summed E-state index contributed by atoms with van der Waals surface area (Å²) in [6, 6.07) is 0. The lowest BCUT2D eigenvalue weighted by Gasteiger charge is -2.53. The normalized spacial score (nSPS) is 24.8. The minimum Gasteiger partial charge on any atom is -0.462 e. The van der Waals surface area contributed by atoms with E-state index in [-0.39, 0.29) is 35.0 Å². The van der Waals surface area contributed by atoms with Gasteiger partial charge >= 0.3 is 19.5 Å². The summed E-state index contributed by atoms with van der Waals surface area (Å²) in [5.74, 6) is -3.54. The highest BCUT2D eigenvalue weighted by Crippen LogP contribution is 2.59. The second-order valence-electron chi connectivity index (χ2n) is 14.1. The van der Waals surface area contributed by atoms with Crippen LogP contribution in [0.2, 0.25) is 0 Å². The Kier molecular flexibility index (Phi) is 9.42. The van der Waals surface area contributed by atoms with Crippen molar-refractivity contribution in [3.8, 4) is 0 Å². The molecular weight excluding hydrogens is 507 g/mol. The van der Waals surface area contributed by atoms with Crippen molar-refractivity contribution in [2.45, 2.75) is 147 Å². The molecule has 9 nitrogen and oxygen atoms in total. The van der Waals surface area contributed by atoms with Gasteiger partial charge in [-0.2, -0.15) is 0 Å². The van der Waals surface area contributed by atoms with Crippen molar-refractivity contribution in [3.63, 3.8) is 0 Å². The second-order valence-corrected chi connectivity index (χ2v) is 16.1. The SMILES string of the molecule is CCC(CC)(C(C(=O)OC1CC(C)(C)N(C)C(C)(C)C1)C(=O)OC1CC(C)(C)N(C)C(C)(C)C1)P(=O)(O)O. The van der Waals surface area contributed by atoms with Crippen molar-refractivity contribution in [2.75, 3.05) is 14.1 Å². The smallest absolute Gasteiger partial charge is 0.333 e. The summed E-state index contributed by atoms with van der Waals surface area (Å²) in [6.45, 7) is 19.8. The average Bonchev–Trinajstić information content (AvgIpc) is 2.71. The fourth-order valence-corrected chi connectivity index (χ4v) is 8.34. The number of hydrogen-bond donors (Lipinski definition) is 2. The van der Waals surface area contributed by atoms with Gasteiger partial charge in [-0.05, 0) is 82.3 Å². The van der Waals surface area contributed by atoms with Crippen LogP contribution < -0.4 is 0 Å². The molecule has 2 aliphatic rings. The van der Waals surface area contributed by atoms with Crippen molar-refractivity contribution in [2.24, 2.45) is 5.92 Å². The fraction of sp³-hybridized carbons (Fsp3) is 0.929. The van der Waals surface area contributed by atoms with Gasteiger partial charge in [0.2, 0.25) is 0 Å². The average molecular weight is 561 g/mol. The Morgan fingerprint density at radius 3 is 1.24 bits per heavy atom. The first-order chi connectivity index (χ1) is 17.0. The van der Waals surface area contributed by atoms with Gasteiger partial charge in [-0.15, -0.1) is 0 Å². The number of carbonyl (C=O) groups is 2. The zero-order chi connectivity index (χ0) is 29.7. The Morgan fingerprint density at radius 2 is 1.03 bits per heavy atom. The van der Waals surface area contributed by atoms with Crippen LogP contribution >= 0.6 is 7.60 Å². The van der Waals surface area contributed by atoms with Crippen molar-refractivity contribution in [3.05, 3.63) is 0 Å². The summed E-state index contributed by atoms with van der Waals surface area (Å²) < 4.78 is 24.9. The molecule has 2 aliphatic heterocycles. The minimum absolute atomic E-state index is 0.0720. The van der Waals surface area contributed by atoms with Crippen LogP contribution in [0, 0.1) is 5.92 Å². The van der Waals surface area contributed by atoms with Crippen LogP contribution in [-0.4, -0.2) is 85.1 Å². The molecule has 222 valence electrons. The van der Waals surface area contributed by atoms with Crippen LogP contribution in [-0.2, 0) is 23.6 Å². The molecule has 38 heavy (non-hydrogen) atoms. The van der Waals surface area contributed by atoms with Gasteiger partial charge in [0.05, 0.1) is 5.16 Å². The third-order valence-electron chi connectivity index (χ3n) is 9.92. The molecule has 2 fully saturated rings. The number of rotatable bonds is 8. The monoisotopic (exact) mass is 560 g/mol. The van der Waals surface area contributed by atoms with Crippen LogP contribution in [0.4, 0.5) is 0 Å². The van der Waals surface area contributed by atoms with E-state index in [0.29, 0.717) is 25.7 Å². The van der Waals surface area contributed by atoms with Crippen LogP contribution in [0.5, 0.6) is 0 Å². The lowest BCUT2D eigenvalue weighted by Crippen LogP contribution is -2.61. The van der Waals surface area contributed by atoms with E-state index in [4.69, 9.17) is 9.47 Å². The molecule has 0 aliphatic carbocycles. The van der Waals surface area contributed by atoms with E-state index in [1.165, 1.54) is 0 Å². The number of ether oxygens (including phenoxy) is 2. The van der Waals surface area contributed by atoms with Gasteiger partial charge in [0.25, 0.3) is 0 Å². The number of piperidine rings is 2. The largest absolute Gasteiger partial charge is 0.462 e. The number of esters is 2. The van der Waals surface area contributed by atoms with E-state index in [1.807, 2.05) is 14.1 Å². The first kappa shape index (κ1) is 33.2. The molecule has 0 aromatic rings. The lowest BCUT2D eigenvalue weighted by molar-refractivity contribution is -0.179. The number of nitrogens with zero attached hydrogens (tertiary/aromatic N) is 2. The van der Waals surface area contributed by atoms with Gasteiger partial charge in [0.15, 0.2) is 5.92 Å². The summed E-state index contributed by atoms with van der Waals surface area (Å²) >= 11 is 0. The van der Waals surface area contributed by atoms with E-state index in [1.54, 1.807) is 13.8 Å². The van der Waals surface area contributed by atoms with Crippen molar-refractivity contribution in [1.82, 2.24) is 9.80 Å². The molecule has 0 bridgehead atoms. The topological polar surface area (TPSA) is 117 Å². The van der Waals surface area contributed by atoms with Crippen LogP contribution in [0.3, 0.4) is 0 Å². The third kappa shape index (κ3) is 6.33. The maximum Gasteiger partial charge on any atom is 0.333 e. The number of likely N-dealkylation sites (tertiary alicyclic amines) is 2. The fourth-order valence-electron chi connectivity index (χ4n) is 6.96. The molecular formula is C28H53N2O7P. The summed E-state index contributed by atoms with van der Waals surface area (Å²) in [5.41, 5.74) is -1.10. The van der Waals surface area contributed by atoms with E-state index in [0.717, 1.165) is 0 Å². The Labute approximate surface area is 230 Å². The van der Waals surface area contributed by atoms with Crippen LogP contribution in [0.15, 0.2) is 0 Å². The first-order valence-corrected chi connectivity index (χ1v) is 15.5. The highest BCUT2D eigenvalue weighted by Gasteiger charge is 2.59. The Balaban J connectivity index is 2.45. The first-order valence-electron chi connectivity index (χ1n) is 13.9. The van der Waals surface area contributed by atoms with Gasteiger partial charge in [-0.1, -0.05) is 13.8 Å². The van der Waals surface area contributed by atoms with Gasteiger partial charge < -0.3 is 19.3 Å². The number of carbonyl (C=O) groups excluding carboxylic acids is 2. The van der Waals surface area contributed by atoms with Crippen LogP contribution in [0.1, 0.15) is 108 Å². The van der Waals surface area contributed by atoms with Crippen LogP contribution in [0.25, 0.3) is 0 Å². The minimum atomic E-state index is -4.92. The van der Waals surface area contributed by atoms with Crippen molar-refractivity contribution >= 4 is 19.5 Å². The molecule has 0 saturated carbocycles. The molecule has 2 saturated heterocycles. The molecule has 0 radical (unpaired) electrons. The van der Waals surface area contributed by atoms with Crippen molar-refractivity contribution in [1.29, 1.82) is 0 Å². The van der Waals surface area contributed by atoms with E-state index in [2.05, 4.69) is 65.2 Å². The summed E-state index contributed by atoms with van der Waals surface area (Å²) in [7, 11) is -0.843. The Morgan fingerprint density at radius 1 is 0.763 bits per heavy atom. The molecule has 0 aromatic carbocycles. The molecule has 0 atom stereocenters. The molecule has 10 heteroatoms. The molecule has 2 N–H and O–H groups in total. The maximum absolute atomic E-state index is 13.8. The standard InChI is InChI=1S/C28H53N2O7P/c1-13-28(14-2,38(33,34)35)21(22(31)36-19-15-24(3,4)29(11)25(5,6)16-19)23(32)37-20-17-26(7,8)30(12)27(9,10)18-20/h19-21H,13-18H2,1-12H3,(H2,33,34,35). The van der Waals surface area contributed by atoms with E-state index >= 15 is 0 Å². The summed E-state index contributed by atoms with van der Waals surface area (Å²) in [5, 5.41) is -1.91. The lowest BCUT2D eigenvalue weighted by atomic mass is 9.78.